The first-order valence-corrected chi connectivity index (χ1v) is 12.8. The van der Waals surface area contributed by atoms with E-state index in [9.17, 15) is 17.6 Å². The number of sulfonamides is 1. The Kier molecular flexibility index (Phi) is 7.53. The third-order valence-electron chi connectivity index (χ3n) is 5.92. The van der Waals surface area contributed by atoms with Crippen molar-refractivity contribution >= 4 is 33.2 Å². The molecule has 2 aromatic rings. The van der Waals surface area contributed by atoms with Crippen molar-refractivity contribution < 1.29 is 27.1 Å². The summed E-state index contributed by atoms with van der Waals surface area (Å²) >= 11 is 5.74. The molecule has 10 heteroatoms. The van der Waals surface area contributed by atoms with Crippen molar-refractivity contribution in [3.8, 4) is 5.75 Å². The zero-order valence-corrected chi connectivity index (χ0v) is 19.6. The summed E-state index contributed by atoms with van der Waals surface area (Å²) in [5.74, 6) is -0.493. The summed E-state index contributed by atoms with van der Waals surface area (Å²) < 4.78 is 51.7. The van der Waals surface area contributed by atoms with E-state index in [1.54, 1.807) is 12.1 Å². The summed E-state index contributed by atoms with van der Waals surface area (Å²) in [6.07, 6.45) is 2.90. The van der Waals surface area contributed by atoms with Crippen LogP contribution in [0.2, 0.25) is 5.02 Å². The number of anilines is 1. The summed E-state index contributed by atoms with van der Waals surface area (Å²) in [4.78, 5) is 12.7. The summed E-state index contributed by atoms with van der Waals surface area (Å²) in [6, 6.07) is 10.5. The van der Waals surface area contributed by atoms with Gasteiger partial charge in [-0.1, -0.05) is 17.7 Å². The molecule has 1 unspecified atom stereocenters. The topological polar surface area (TPSA) is 84.9 Å². The molecule has 33 heavy (non-hydrogen) atoms. The van der Waals surface area contributed by atoms with E-state index in [1.165, 1.54) is 10.4 Å². The number of halogens is 2. The molecule has 0 saturated carbocycles. The first-order valence-electron chi connectivity index (χ1n) is 10.9. The van der Waals surface area contributed by atoms with Crippen LogP contribution < -0.4 is 10.1 Å². The lowest BCUT2D eigenvalue weighted by atomic mass is 9.97. The second-order valence-corrected chi connectivity index (χ2v) is 10.6. The maximum atomic E-state index is 13.4. The lowest BCUT2D eigenvalue weighted by Crippen LogP contribution is -2.41. The Morgan fingerprint density at radius 2 is 1.97 bits per heavy atom. The molecule has 0 radical (unpaired) electrons. The minimum Gasteiger partial charge on any atom is -0.491 e. The van der Waals surface area contributed by atoms with Gasteiger partial charge in [-0.15, -0.1) is 0 Å². The number of benzene rings is 2. The van der Waals surface area contributed by atoms with Crippen LogP contribution in [0, 0.1) is 11.7 Å². The molecule has 2 aliphatic rings. The highest BCUT2D eigenvalue weighted by atomic mass is 35.5. The first kappa shape index (κ1) is 23.9. The van der Waals surface area contributed by atoms with Crippen LogP contribution in [0.25, 0.3) is 0 Å². The second kappa shape index (κ2) is 10.4. The molecule has 2 fully saturated rings. The number of amides is 1. The van der Waals surface area contributed by atoms with E-state index in [0.717, 1.165) is 31.6 Å². The molecule has 0 spiro atoms. The third-order valence-corrected chi connectivity index (χ3v) is 8.10. The minimum absolute atomic E-state index is 0.0587. The lowest BCUT2D eigenvalue weighted by molar-refractivity contribution is -0.120. The van der Waals surface area contributed by atoms with E-state index in [4.69, 9.17) is 21.1 Å². The predicted molar refractivity (Wildman–Crippen MR) is 122 cm³/mol. The minimum atomic E-state index is -3.80. The van der Waals surface area contributed by atoms with Gasteiger partial charge in [-0.25, -0.2) is 12.8 Å². The van der Waals surface area contributed by atoms with Crippen molar-refractivity contribution in [1.82, 2.24) is 4.31 Å². The third kappa shape index (κ3) is 5.84. The van der Waals surface area contributed by atoms with E-state index in [-0.39, 0.29) is 40.9 Å². The predicted octanol–water partition coefficient (Wildman–Crippen LogP) is 4.08. The highest BCUT2D eigenvalue weighted by Crippen LogP contribution is 2.28. The van der Waals surface area contributed by atoms with Gasteiger partial charge in [0.1, 0.15) is 18.2 Å². The molecule has 2 aliphatic heterocycles. The van der Waals surface area contributed by atoms with Crippen LogP contribution in [0.5, 0.6) is 5.75 Å². The molecule has 178 valence electrons. The van der Waals surface area contributed by atoms with Crippen LogP contribution in [0.1, 0.15) is 25.7 Å². The van der Waals surface area contributed by atoms with Gasteiger partial charge in [0.2, 0.25) is 15.9 Å². The molecule has 0 aromatic heterocycles. The van der Waals surface area contributed by atoms with Gasteiger partial charge in [0.25, 0.3) is 0 Å². The van der Waals surface area contributed by atoms with Gasteiger partial charge in [-0.2, -0.15) is 4.31 Å². The maximum Gasteiger partial charge on any atom is 0.243 e. The molecule has 0 bridgehead atoms. The van der Waals surface area contributed by atoms with Crippen molar-refractivity contribution in [3.63, 3.8) is 0 Å². The number of carbonyl (C=O) groups excluding carboxylic acids is 1. The zero-order chi connectivity index (χ0) is 23.4. The summed E-state index contributed by atoms with van der Waals surface area (Å²) in [5, 5.41) is 2.66. The molecule has 2 saturated heterocycles. The van der Waals surface area contributed by atoms with Crippen molar-refractivity contribution in [2.24, 2.45) is 5.92 Å². The Hall–Kier alpha value is -2.20. The number of hydrogen-bond acceptors (Lipinski definition) is 5. The van der Waals surface area contributed by atoms with Crippen molar-refractivity contribution in [1.29, 1.82) is 0 Å². The standard InChI is InChI=1S/C23H26ClFN2O5S/c24-21-14-20(6-7-22(21)25)33(29,30)27-10-8-16(9-11-27)23(28)26-17-3-1-4-18(13-17)32-15-19-5-2-12-31-19/h1,3-4,6-7,13-14,16,19H,2,5,8-12,15H2,(H,26,28). The fourth-order valence-corrected chi connectivity index (χ4v) is 5.76. The molecule has 1 atom stereocenters. The van der Waals surface area contributed by atoms with Crippen LogP contribution in [-0.2, 0) is 19.6 Å². The smallest absolute Gasteiger partial charge is 0.243 e. The fraction of sp³-hybridized carbons (Fsp3) is 0.435. The SMILES string of the molecule is O=C(Nc1cccc(OCC2CCCO2)c1)C1CCN(S(=O)(=O)c2ccc(F)c(Cl)c2)CC1. The average molecular weight is 497 g/mol. The summed E-state index contributed by atoms with van der Waals surface area (Å²) in [7, 11) is -3.80. The van der Waals surface area contributed by atoms with Crippen molar-refractivity contribution in [2.75, 3.05) is 31.6 Å². The Balaban J connectivity index is 1.31. The fourth-order valence-electron chi connectivity index (χ4n) is 4.02. The normalized spacial score (nSPS) is 20.0. The Morgan fingerprint density at radius 3 is 2.67 bits per heavy atom. The van der Waals surface area contributed by atoms with Gasteiger partial charge < -0.3 is 14.8 Å². The molecule has 1 N–H and O–H groups in total. The molecule has 2 heterocycles. The van der Waals surface area contributed by atoms with Crippen LogP contribution in [0.3, 0.4) is 0 Å². The zero-order valence-electron chi connectivity index (χ0n) is 18.0. The van der Waals surface area contributed by atoms with E-state index in [2.05, 4.69) is 5.32 Å². The average Bonchev–Trinajstić information content (AvgIpc) is 3.33. The Labute approximate surface area is 197 Å². The molecular weight excluding hydrogens is 471 g/mol. The Morgan fingerprint density at radius 1 is 1.18 bits per heavy atom. The van der Waals surface area contributed by atoms with E-state index in [0.29, 0.717) is 30.9 Å². The van der Waals surface area contributed by atoms with Crippen LogP contribution in [0.4, 0.5) is 10.1 Å². The van der Waals surface area contributed by atoms with Crippen LogP contribution in [0.15, 0.2) is 47.4 Å². The van der Waals surface area contributed by atoms with Gasteiger partial charge in [-0.3, -0.25) is 4.79 Å². The second-order valence-electron chi connectivity index (χ2n) is 8.22. The Bertz CT molecular complexity index is 1100. The number of rotatable bonds is 7. The van der Waals surface area contributed by atoms with Crippen molar-refractivity contribution in [3.05, 3.63) is 53.3 Å². The van der Waals surface area contributed by atoms with Gasteiger partial charge in [0, 0.05) is 37.4 Å². The van der Waals surface area contributed by atoms with E-state index in [1.807, 2.05) is 12.1 Å². The molecular formula is C23H26ClFN2O5S. The monoisotopic (exact) mass is 496 g/mol. The summed E-state index contributed by atoms with van der Waals surface area (Å²) in [5.41, 5.74) is 0.626. The number of ether oxygens (including phenoxy) is 2. The van der Waals surface area contributed by atoms with Crippen LogP contribution >= 0.6 is 11.6 Å². The number of carbonyl (C=O) groups is 1. The van der Waals surface area contributed by atoms with Gasteiger partial charge in [0.15, 0.2) is 0 Å². The molecule has 1 amide bonds. The number of hydrogen-bond donors (Lipinski definition) is 1. The molecule has 7 nitrogen and oxygen atoms in total. The maximum absolute atomic E-state index is 13.4. The lowest BCUT2D eigenvalue weighted by Gasteiger charge is -2.30. The van der Waals surface area contributed by atoms with Crippen LogP contribution in [-0.4, -0.2) is 51.0 Å². The molecule has 4 rings (SSSR count). The van der Waals surface area contributed by atoms with E-state index < -0.39 is 15.8 Å². The molecule has 2 aromatic carbocycles. The highest BCUT2D eigenvalue weighted by molar-refractivity contribution is 7.89. The van der Waals surface area contributed by atoms with Gasteiger partial charge in [0.05, 0.1) is 16.0 Å². The van der Waals surface area contributed by atoms with Crippen molar-refractivity contribution in [2.45, 2.75) is 36.7 Å². The molecule has 0 aliphatic carbocycles. The largest absolute Gasteiger partial charge is 0.491 e. The summed E-state index contributed by atoms with van der Waals surface area (Å²) in [6.45, 7) is 1.63. The first-order chi connectivity index (χ1) is 15.8. The number of nitrogens with one attached hydrogen (secondary N) is 1. The van der Waals surface area contributed by atoms with Gasteiger partial charge >= 0.3 is 0 Å². The number of nitrogens with zero attached hydrogens (tertiary/aromatic N) is 1. The number of piperidine rings is 1. The highest BCUT2D eigenvalue weighted by Gasteiger charge is 2.32. The quantitative estimate of drug-likeness (QED) is 0.624. The van der Waals surface area contributed by atoms with E-state index >= 15 is 0 Å². The van der Waals surface area contributed by atoms with Gasteiger partial charge in [-0.05, 0) is 56.0 Å².